The van der Waals surface area contributed by atoms with Gasteiger partial charge in [-0.2, -0.15) is 4.31 Å². The van der Waals surface area contributed by atoms with E-state index in [-0.39, 0.29) is 114 Å². The molecule has 9 rings (SSSR count). The summed E-state index contributed by atoms with van der Waals surface area (Å²) >= 11 is 31.5. The molecule has 0 unspecified atom stereocenters. The summed E-state index contributed by atoms with van der Waals surface area (Å²) in [7, 11) is -6.73. The summed E-state index contributed by atoms with van der Waals surface area (Å²) < 4.78 is 57.5. The number of fused-ring (bicyclic) bond motifs is 2. The number of imidazole rings is 2. The van der Waals surface area contributed by atoms with Gasteiger partial charge in [0, 0.05) is 59.6 Å². The second kappa shape index (κ2) is 23.1. The monoisotopic (exact) mass is 1270 g/mol. The van der Waals surface area contributed by atoms with Gasteiger partial charge >= 0.3 is 23.1 Å². The van der Waals surface area contributed by atoms with Gasteiger partial charge in [-0.3, -0.25) is 19.0 Å². The van der Waals surface area contributed by atoms with E-state index < -0.39 is 37.8 Å². The molecular weight excluding hydrogens is 1230 g/mol. The molecule has 0 saturated carbocycles. The molecule has 368 valence electrons. The van der Waals surface area contributed by atoms with Gasteiger partial charge in [-0.1, -0.05) is 117 Å². The molecule has 5 heterocycles. The van der Waals surface area contributed by atoms with Crippen molar-refractivity contribution in [3.05, 3.63) is 137 Å². The third kappa shape index (κ3) is 11.1. The number of carbonyl (C=O) groups excluding carboxylic acids is 3. The number of hydrogen-bond acceptors (Lipinski definition) is 10. The Kier molecular flexibility index (Phi) is 19.7. The molecule has 2 aromatic heterocycles. The van der Waals surface area contributed by atoms with E-state index in [1.54, 1.807) is 50.2 Å². The van der Waals surface area contributed by atoms with Crippen molar-refractivity contribution in [2.75, 3.05) is 16.3 Å². The number of halogens is 7. The summed E-state index contributed by atoms with van der Waals surface area (Å²) in [6, 6.07) is 23.7. The van der Waals surface area contributed by atoms with Gasteiger partial charge in [0.25, 0.3) is 21.8 Å². The second-order valence-corrected chi connectivity index (χ2v) is 22.6. The van der Waals surface area contributed by atoms with Gasteiger partial charge in [-0.05, 0) is 116 Å². The Bertz CT molecular complexity index is 3120. The molecule has 1 saturated heterocycles. The summed E-state index contributed by atoms with van der Waals surface area (Å²) in [5.41, 5.74) is -0.0533. The first kappa shape index (κ1) is 59.7. The van der Waals surface area contributed by atoms with E-state index in [0.717, 1.165) is 20.1 Å². The van der Waals surface area contributed by atoms with Gasteiger partial charge in [0.05, 0.1) is 23.6 Å². The van der Waals surface area contributed by atoms with Crippen LogP contribution in [0.3, 0.4) is 0 Å². The zero-order valence-corrected chi connectivity index (χ0v) is 46.8. The van der Waals surface area contributed by atoms with Crippen molar-refractivity contribution >= 4 is 163 Å². The van der Waals surface area contributed by atoms with E-state index in [9.17, 15) is 31.2 Å². The zero-order valence-electron chi connectivity index (χ0n) is 36.0. The van der Waals surface area contributed by atoms with Gasteiger partial charge in [0.15, 0.2) is 5.03 Å². The number of amides is 2. The number of hydrogen-bond donors (Lipinski definition) is 0. The van der Waals surface area contributed by atoms with E-state index in [4.69, 9.17) is 46.4 Å². The number of rotatable bonds is 10. The molecule has 1 fully saturated rings. The number of sulfonamides is 1. The van der Waals surface area contributed by atoms with Crippen molar-refractivity contribution in [3.63, 3.8) is 0 Å². The first-order valence-corrected chi connectivity index (χ1v) is 25.6. The molecule has 0 N–H and O–H groups in total. The minimum absolute atomic E-state index is 0. The summed E-state index contributed by atoms with van der Waals surface area (Å²) in [6.07, 6.45) is 4.00. The quantitative estimate of drug-likeness (QED) is 0.0967. The average molecular weight is 1280 g/mol. The molecule has 3 atom stereocenters. The molecule has 0 radical (unpaired) electrons. The summed E-state index contributed by atoms with van der Waals surface area (Å²) in [6.45, 7) is 5.01. The number of carbonyl (C=O) groups is 3. The third-order valence-corrected chi connectivity index (χ3v) is 16.1. The maximum Gasteiger partial charge on any atom is 2.00 e. The largest absolute Gasteiger partial charge is 2.00 e. The zero-order chi connectivity index (χ0) is 47.6. The van der Waals surface area contributed by atoms with Gasteiger partial charge < -0.3 is 30.0 Å². The molecule has 0 bridgehead atoms. The van der Waals surface area contributed by atoms with Crippen LogP contribution in [0, 0.1) is 0 Å². The van der Waals surface area contributed by atoms with E-state index in [1.807, 2.05) is 48.5 Å². The predicted molar refractivity (Wildman–Crippen MR) is 278 cm³/mol. The first-order valence-electron chi connectivity index (χ1n) is 20.0. The maximum absolute atomic E-state index is 14.1. The average Bonchev–Trinajstić information content (AvgIpc) is 4.07. The maximum atomic E-state index is 14.1. The van der Waals surface area contributed by atoms with Crippen molar-refractivity contribution in [2.45, 2.75) is 88.5 Å². The van der Waals surface area contributed by atoms with E-state index in [1.165, 1.54) is 42.6 Å². The summed E-state index contributed by atoms with van der Waals surface area (Å²) in [5, 5.41) is 1.15. The summed E-state index contributed by atoms with van der Waals surface area (Å²) in [5.74, 6) is -0.579. The first-order chi connectivity index (χ1) is 31.1. The van der Waals surface area contributed by atoms with Crippen LogP contribution in [0.5, 0.6) is 0 Å². The Morgan fingerprint density at radius 1 is 0.714 bits per heavy atom. The van der Waals surface area contributed by atoms with Crippen LogP contribution in [-0.4, -0.2) is 85.1 Å². The van der Waals surface area contributed by atoms with Crippen molar-refractivity contribution in [1.82, 2.24) is 23.4 Å². The molecule has 4 aromatic carbocycles. The van der Waals surface area contributed by atoms with Crippen LogP contribution in [0.1, 0.15) is 59.6 Å². The second-order valence-electron chi connectivity index (χ2n) is 16.3. The van der Waals surface area contributed by atoms with Crippen LogP contribution < -0.4 is 26.8 Å². The molecular formula is C46H44Br3Cl4MgN7O7S2. The smallest absolute Gasteiger partial charge is 1.00 e. The fourth-order valence-corrected chi connectivity index (χ4v) is 12.7. The van der Waals surface area contributed by atoms with Crippen LogP contribution in [0.2, 0.25) is 20.1 Å². The van der Waals surface area contributed by atoms with E-state index in [2.05, 4.69) is 41.8 Å². The molecule has 6 aromatic rings. The SMILES string of the molecule is C.C.CC(=O)[C@@H]1CCCN1S(=O)(=O)c1cnc2n1[C@](C)(Cc1ccc(Br)cc1)C(=O)N2c1cc(Cl)cc(Cl)c1.C[C@@]1(Cc2ccc(Br)cc2)C(=O)N(c2cc(Cl)cc(Cl)c2)c2ncc([S-](=O)=O)n21.[Br-].[Mg+2]. The molecule has 2 amide bonds. The Morgan fingerprint density at radius 3 is 1.53 bits per heavy atom. The fourth-order valence-electron chi connectivity index (χ4n) is 8.72. The number of Topliss-reactive ketones (excluding diaryl/α,β-unsaturated/α-hetero) is 1. The van der Waals surface area contributed by atoms with Crippen molar-refractivity contribution in [1.29, 1.82) is 0 Å². The molecule has 70 heavy (non-hydrogen) atoms. The topological polar surface area (TPSA) is 165 Å². The van der Waals surface area contributed by atoms with Gasteiger partial charge in [-0.25, -0.2) is 28.2 Å². The normalized spacial score (nSPS) is 19.3. The molecule has 24 heteroatoms. The Morgan fingerprint density at radius 2 is 1.11 bits per heavy atom. The Labute approximate surface area is 472 Å². The van der Waals surface area contributed by atoms with E-state index >= 15 is 0 Å². The van der Waals surface area contributed by atoms with Crippen LogP contribution >= 0.6 is 78.3 Å². The van der Waals surface area contributed by atoms with Crippen LogP contribution in [0.4, 0.5) is 23.3 Å². The molecule has 0 spiro atoms. The number of benzene rings is 4. The van der Waals surface area contributed by atoms with Crippen molar-refractivity contribution < 1.29 is 48.2 Å². The molecule has 14 nitrogen and oxygen atoms in total. The minimum Gasteiger partial charge on any atom is -1.00 e. The number of ketones is 1. The Balaban J connectivity index is 0.000000295. The van der Waals surface area contributed by atoms with Gasteiger partial charge in [-0.15, -0.1) is 0 Å². The number of anilines is 4. The predicted octanol–water partition coefficient (Wildman–Crippen LogP) is 8.48. The molecule has 3 aliphatic rings. The van der Waals surface area contributed by atoms with Crippen LogP contribution in [0.25, 0.3) is 0 Å². The van der Waals surface area contributed by atoms with Crippen LogP contribution in [-0.2, 0) is 67.4 Å². The van der Waals surface area contributed by atoms with Crippen molar-refractivity contribution in [2.24, 2.45) is 0 Å². The molecule has 0 aliphatic carbocycles. The number of aromatic nitrogens is 4. The standard InChI is InChI=1S/C25H23BrCl2N4O4S.C19H13BrCl2N3O3S.2CH4.BrH.Mg/c1-15(33)21-4-3-9-30(21)37(35,36)22-14-29-24-31(20-11-18(27)10-19(28)12-20)23(34)25(2,32(22)24)13-16-5-7-17(26)8-6-16;1-19(9-11-2-4-12(20)5-3-11)17(26)24(15-7-13(21)6-14(22)8-15)18-23-10-16(25(18)19)29(27)28;;;;/h5-8,10-12,14,21H,3-4,9,13H2,1-2H3;2-8,10H,9H2,1H3;2*1H4;1H;/q;-1;;;;+2/p-1/t21-,25+;19-;;;;/m01..../s1. The van der Waals surface area contributed by atoms with Crippen LogP contribution in [0.15, 0.2) is 116 Å². The van der Waals surface area contributed by atoms with Gasteiger partial charge in [0.1, 0.15) is 16.9 Å². The molecule has 3 aliphatic heterocycles. The fraction of sp³-hybridized carbons (Fsp3) is 0.283. The van der Waals surface area contributed by atoms with E-state index in [0.29, 0.717) is 44.3 Å². The Hall–Kier alpha value is -2.86. The third-order valence-electron chi connectivity index (χ3n) is 11.7. The van der Waals surface area contributed by atoms with Gasteiger partial charge in [0.2, 0.25) is 11.9 Å². The van der Waals surface area contributed by atoms with Crippen molar-refractivity contribution in [3.8, 4) is 0 Å². The minimum atomic E-state index is -4.16. The summed E-state index contributed by atoms with van der Waals surface area (Å²) in [4.78, 5) is 51.3. The number of nitrogens with zero attached hydrogens (tertiary/aromatic N) is 7.